The quantitative estimate of drug-likeness (QED) is 0.710. The smallest absolute Gasteiger partial charge is 0.273 e. The number of aliphatic hydroxyl groups is 1. The average Bonchev–Trinajstić information content (AvgIpc) is 3.07. The summed E-state index contributed by atoms with van der Waals surface area (Å²) in [5.41, 5.74) is 3.56. The average molecular weight is 402 g/mol. The van der Waals surface area contributed by atoms with Crippen LogP contribution in [0, 0.1) is 0 Å². The van der Waals surface area contributed by atoms with E-state index in [4.69, 9.17) is 0 Å². The number of hydrogen-bond donors (Lipinski definition) is 1. The normalized spacial score (nSPS) is 18.1. The van der Waals surface area contributed by atoms with Crippen LogP contribution in [-0.2, 0) is 6.54 Å². The third-order valence-electron chi connectivity index (χ3n) is 6.05. The van der Waals surface area contributed by atoms with Crippen molar-refractivity contribution in [2.45, 2.75) is 12.6 Å². The van der Waals surface area contributed by atoms with Crippen molar-refractivity contribution in [2.24, 2.45) is 0 Å². The molecule has 2 aliphatic heterocycles. The fourth-order valence-electron chi connectivity index (χ4n) is 4.48. The summed E-state index contributed by atoms with van der Waals surface area (Å²) in [7, 11) is 0. The predicted molar refractivity (Wildman–Crippen MR) is 118 cm³/mol. The maximum absolute atomic E-state index is 12.8. The van der Waals surface area contributed by atoms with Crippen molar-refractivity contribution in [3.63, 3.8) is 0 Å². The Morgan fingerprint density at radius 3 is 2.47 bits per heavy atom. The van der Waals surface area contributed by atoms with Crippen molar-refractivity contribution in [1.29, 1.82) is 0 Å². The highest BCUT2D eigenvalue weighted by Crippen LogP contribution is 2.25. The van der Waals surface area contributed by atoms with Gasteiger partial charge in [0.05, 0.1) is 11.6 Å². The molecule has 3 aromatic rings. The molecule has 0 radical (unpaired) electrons. The largest absolute Gasteiger partial charge is 0.390 e. The standard InChI is InChI=1S/C24H26N4O2/c29-21(16-26-10-12-27(13-11-26)20-7-2-1-3-8-20)17-28-15-19-14-18-6-4-5-9-22(18)25-23(19)24(28)30/h1-9,14,21,29H,10-13,15-17H2/t21-/m0/s1. The van der Waals surface area contributed by atoms with Crippen LogP contribution in [-0.4, -0.2) is 71.2 Å². The fraction of sp³-hybridized carbons (Fsp3) is 0.333. The van der Waals surface area contributed by atoms with Crippen molar-refractivity contribution < 1.29 is 9.90 Å². The Hall–Kier alpha value is -2.96. The summed E-state index contributed by atoms with van der Waals surface area (Å²) in [5.74, 6) is -0.0799. The Bertz CT molecular complexity index is 1050. The van der Waals surface area contributed by atoms with E-state index in [9.17, 15) is 9.90 Å². The molecule has 6 heteroatoms. The van der Waals surface area contributed by atoms with Crippen molar-refractivity contribution >= 4 is 22.5 Å². The number of aliphatic hydroxyl groups excluding tert-OH is 1. The van der Waals surface area contributed by atoms with E-state index in [-0.39, 0.29) is 5.91 Å². The molecule has 5 rings (SSSR count). The van der Waals surface area contributed by atoms with E-state index in [1.54, 1.807) is 4.90 Å². The van der Waals surface area contributed by atoms with Gasteiger partial charge in [0.2, 0.25) is 0 Å². The zero-order valence-corrected chi connectivity index (χ0v) is 16.9. The third-order valence-corrected chi connectivity index (χ3v) is 6.05. The molecule has 154 valence electrons. The monoisotopic (exact) mass is 402 g/mol. The molecule has 2 aromatic carbocycles. The lowest BCUT2D eigenvalue weighted by atomic mass is 10.1. The van der Waals surface area contributed by atoms with E-state index in [1.165, 1.54) is 5.69 Å². The second-order valence-corrected chi connectivity index (χ2v) is 8.15. The first kappa shape index (κ1) is 19.0. The minimum atomic E-state index is -0.569. The Morgan fingerprint density at radius 1 is 0.933 bits per heavy atom. The number of amides is 1. The molecule has 6 nitrogen and oxygen atoms in total. The van der Waals surface area contributed by atoms with Crippen molar-refractivity contribution in [1.82, 2.24) is 14.8 Å². The molecule has 0 bridgehead atoms. The first-order valence-corrected chi connectivity index (χ1v) is 10.6. The summed E-state index contributed by atoms with van der Waals surface area (Å²) >= 11 is 0. The van der Waals surface area contributed by atoms with Gasteiger partial charge in [-0.15, -0.1) is 0 Å². The second-order valence-electron chi connectivity index (χ2n) is 8.15. The molecular weight excluding hydrogens is 376 g/mol. The van der Waals surface area contributed by atoms with Gasteiger partial charge in [0.1, 0.15) is 5.69 Å². The van der Waals surface area contributed by atoms with Crippen LogP contribution in [0.1, 0.15) is 16.1 Å². The zero-order chi connectivity index (χ0) is 20.5. The van der Waals surface area contributed by atoms with Gasteiger partial charge in [-0.25, -0.2) is 4.98 Å². The summed E-state index contributed by atoms with van der Waals surface area (Å²) in [6.07, 6.45) is -0.569. The number of fused-ring (bicyclic) bond motifs is 2. The molecule has 0 saturated carbocycles. The summed E-state index contributed by atoms with van der Waals surface area (Å²) in [5, 5.41) is 11.7. The van der Waals surface area contributed by atoms with Crippen LogP contribution in [0.2, 0.25) is 0 Å². The van der Waals surface area contributed by atoms with Crippen LogP contribution in [0.3, 0.4) is 0 Å². The van der Waals surface area contributed by atoms with Crippen LogP contribution < -0.4 is 4.90 Å². The lowest BCUT2D eigenvalue weighted by molar-refractivity contribution is 0.0535. The summed E-state index contributed by atoms with van der Waals surface area (Å²) in [4.78, 5) is 23.7. The molecule has 1 aromatic heterocycles. The summed E-state index contributed by atoms with van der Waals surface area (Å²) in [6, 6.07) is 20.3. The number of nitrogens with zero attached hydrogens (tertiary/aromatic N) is 4. The number of carbonyl (C=O) groups is 1. The number of hydrogen-bond acceptors (Lipinski definition) is 5. The number of pyridine rings is 1. The molecule has 0 spiro atoms. The molecule has 1 atom stereocenters. The lowest BCUT2D eigenvalue weighted by Gasteiger charge is -2.37. The lowest BCUT2D eigenvalue weighted by Crippen LogP contribution is -2.50. The Morgan fingerprint density at radius 2 is 1.67 bits per heavy atom. The van der Waals surface area contributed by atoms with Gasteiger partial charge < -0.3 is 14.9 Å². The molecule has 1 N–H and O–H groups in total. The summed E-state index contributed by atoms with van der Waals surface area (Å²) in [6.45, 7) is 5.15. The van der Waals surface area contributed by atoms with E-state index in [0.29, 0.717) is 25.3 Å². The number of carbonyl (C=O) groups excluding carboxylic acids is 1. The molecular formula is C24H26N4O2. The first-order valence-electron chi connectivity index (χ1n) is 10.6. The number of benzene rings is 2. The molecule has 0 aliphatic carbocycles. The Balaban J connectivity index is 1.17. The van der Waals surface area contributed by atoms with Crippen LogP contribution in [0.4, 0.5) is 5.69 Å². The van der Waals surface area contributed by atoms with Gasteiger partial charge >= 0.3 is 0 Å². The predicted octanol–water partition coefficient (Wildman–Crippen LogP) is 2.37. The number of aromatic nitrogens is 1. The molecule has 1 amide bonds. The number of anilines is 1. The third kappa shape index (κ3) is 3.76. The van der Waals surface area contributed by atoms with Crippen molar-refractivity contribution in [2.75, 3.05) is 44.2 Å². The second kappa shape index (κ2) is 8.05. The van der Waals surface area contributed by atoms with E-state index in [1.807, 2.05) is 36.4 Å². The van der Waals surface area contributed by atoms with Crippen molar-refractivity contribution in [3.05, 3.63) is 71.9 Å². The highest BCUT2D eigenvalue weighted by atomic mass is 16.3. The van der Waals surface area contributed by atoms with Crippen LogP contribution in [0.15, 0.2) is 60.7 Å². The van der Waals surface area contributed by atoms with Crippen LogP contribution in [0.25, 0.3) is 10.9 Å². The van der Waals surface area contributed by atoms with Crippen LogP contribution in [0.5, 0.6) is 0 Å². The molecule has 0 unspecified atom stereocenters. The van der Waals surface area contributed by atoms with E-state index in [0.717, 1.165) is 42.6 Å². The highest BCUT2D eigenvalue weighted by Gasteiger charge is 2.31. The van der Waals surface area contributed by atoms with Crippen molar-refractivity contribution in [3.8, 4) is 0 Å². The van der Waals surface area contributed by atoms with E-state index < -0.39 is 6.10 Å². The summed E-state index contributed by atoms with van der Waals surface area (Å²) < 4.78 is 0. The SMILES string of the molecule is O=C1c2nc3ccccc3cc2CN1C[C@@H](O)CN1CCN(c2ccccc2)CC1. The van der Waals surface area contributed by atoms with Gasteiger partial charge in [-0.2, -0.15) is 0 Å². The van der Waals surface area contributed by atoms with Gasteiger partial charge in [-0.1, -0.05) is 36.4 Å². The number of rotatable bonds is 5. The Kier molecular flexibility index (Phi) is 5.11. The number of β-amino-alcohol motifs (C(OH)–C–C–N with tert-alkyl or cyclic N) is 1. The number of piperazine rings is 1. The maximum Gasteiger partial charge on any atom is 0.273 e. The topological polar surface area (TPSA) is 59.9 Å². The van der Waals surface area contributed by atoms with Crippen LogP contribution >= 0.6 is 0 Å². The van der Waals surface area contributed by atoms with E-state index >= 15 is 0 Å². The zero-order valence-electron chi connectivity index (χ0n) is 16.9. The minimum absolute atomic E-state index is 0.0799. The van der Waals surface area contributed by atoms with Gasteiger partial charge in [0.15, 0.2) is 0 Å². The molecule has 1 fully saturated rings. The maximum atomic E-state index is 12.8. The van der Waals surface area contributed by atoms with E-state index in [2.05, 4.69) is 39.0 Å². The molecule has 1 saturated heterocycles. The molecule has 30 heavy (non-hydrogen) atoms. The first-order chi connectivity index (χ1) is 14.7. The van der Waals surface area contributed by atoms with Gasteiger partial charge in [-0.3, -0.25) is 9.69 Å². The van der Waals surface area contributed by atoms with Gasteiger partial charge in [0.25, 0.3) is 5.91 Å². The van der Waals surface area contributed by atoms with Gasteiger partial charge in [-0.05, 0) is 24.3 Å². The highest BCUT2D eigenvalue weighted by molar-refractivity contribution is 5.99. The fourth-order valence-corrected chi connectivity index (χ4v) is 4.48. The Labute approximate surface area is 176 Å². The number of para-hydroxylation sites is 2. The van der Waals surface area contributed by atoms with Gasteiger partial charge in [0, 0.05) is 62.5 Å². The molecule has 2 aliphatic rings. The minimum Gasteiger partial charge on any atom is -0.390 e. The molecule has 3 heterocycles.